The lowest BCUT2D eigenvalue weighted by atomic mass is 10.1. The standard InChI is InChI=1S/C16H25FN2O/c1-3-13-7-9-19(12-13)16-6-4-5-15(17)14(16)11-18-8-10-20-2/h4-6,13,18H,3,7-12H2,1-2H3. The Morgan fingerprint density at radius 2 is 2.30 bits per heavy atom. The normalized spacial score (nSPS) is 18.8. The Balaban J connectivity index is 2.06. The third kappa shape index (κ3) is 3.70. The molecule has 0 amide bonds. The molecule has 2 rings (SSSR count). The Morgan fingerprint density at radius 1 is 1.45 bits per heavy atom. The lowest BCUT2D eigenvalue weighted by Crippen LogP contribution is -2.25. The van der Waals surface area contributed by atoms with Gasteiger partial charge < -0.3 is 15.0 Å². The zero-order chi connectivity index (χ0) is 14.4. The summed E-state index contributed by atoms with van der Waals surface area (Å²) >= 11 is 0. The number of ether oxygens (including phenoxy) is 1. The van der Waals surface area contributed by atoms with Gasteiger partial charge in [-0.3, -0.25) is 0 Å². The Labute approximate surface area is 121 Å². The van der Waals surface area contributed by atoms with Crippen molar-refractivity contribution in [2.24, 2.45) is 5.92 Å². The first-order chi connectivity index (χ1) is 9.76. The van der Waals surface area contributed by atoms with Crippen LogP contribution < -0.4 is 10.2 Å². The first-order valence-electron chi connectivity index (χ1n) is 7.48. The van der Waals surface area contributed by atoms with Crippen molar-refractivity contribution in [1.29, 1.82) is 0 Å². The maximum Gasteiger partial charge on any atom is 0.129 e. The van der Waals surface area contributed by atoms with E-state index in [-0.39, 0.29) is 5.82 Å². The van der Waals surface area contributed by atoms with Gasteiger partial charge in [0.05, 0.1) is 6.61 Å². The number of benzene rings is 1. The van der Waals surface area contributed by atoms with E-state index in [4.69, 9.17) is 4.74 Å². The van der Waals surface area contributed by atoms with Gasteiger partial charge in [-0.15, -0.1) is 0 Å². The molecule has 1 aliphatic heterocycles. The summed E-state index contributed by atoms with van der Waals surface area (Å²) in [5.74, 6) is 0.625. The van der Waals surface area contributed by atoms with Crippen LogP contribution in [-0.2, 0) is 11.3 Å². The first-order valence-corrected chi connectivity index (χ1v) is 7.48. The maximum absolute atomic E-state index is 14.1. The molecule has 1 aliphatic rings. The monoisotopic (exact) mass is 280 g/mol. The quantitative estimate of drug-likeness (QED) is 0.777. The van der Waals surface area contributed by atoms with E-state index < -0.39 is 0 Å². The second-order valence-electron chi connectivity index (χ2n) is 5.42. The van der Waals surface area contributed by atoms with Gasteiger partial charge in [0.15, 0.2) is 0 Å². The third-order valence-electron chi connectivity index (χ3n) is 4.08. The van der Waals surface area contributed by atoms with Crippen LogP contribution in [0.15, 0.2) is 18.2 Å². The number of nitrogens with zero attached hydrogens (tertiary/aromatic N) is 1. The fourth-order valence-corrected chi connectivity index (χ4v) is 2.79. The largest absolute Gasteiger partial charge is 0.383 e. The third-order valence-corrected chi connectivity index (χ3v) is 4.08. The predicted octanol–water partition coefficient (Wildman–Crippen LogP) is 2.80. The van der Waals surface area contributed by atoms with Gasteiger partial charge in [-0.2, -0.15) is 0 Å². The minimum absolute atomic E-state index is 0.118. The van der Waals surface area contributed by atoms with Crippen LogP contribution in [0.4, 0.5) is 10.1 Å². The fourth-order valence-electron chi connectivity index (χ4n) is 2.79. The summed E-state index contributed by atoms with van der Waals surface area (Å²) in [6.45, 7) is 6.25. The van der Waals surface area contributed by atoms with Gasteiger partial charge in [0, 0.05) is 44.5 Å². The highest BCUT2D eigenvalue weighted by atomic mass is 19.1. The summed E-state index contributed by atoms with van der Waals surface area (Å²) in [6.07, 6.45) is 2.41. The van der Waals surface area contributed by atoms with Crippen LogP contribution in [-0.4, -0.2) is 33.4 Å². The zero-order valence-corrected chi connectivity index (χ0v) is 12.5. The Kier molecular flexibility index (Phi) is 5.80. The molecule has 0 bridgehead atoms. The lowest BCUT2D eigenvalue weighted by Gasteiger charge is -2.22. The molecular weight excluding hydrogens is 255 g/mol. The van der Waals surface area contributed by atoms with Gasteiger partial charge in [-0.1, -0.05) is 19.4 Å². The van der Waals surface area contributed by atoms with Crippen LogP contribution in [0.3, 0.4) is 0 Å². The molecular formula is C16H25FN2O. The summed E-state index contributed by atoms with van der Waals surface area (Å²) in [5, 5.41) is 3.24. The second kappa shape index (κ2) is 7.60. The SMILES string of the molecule is CCC1CCN(c2cccc(F)c2CNCCOC)C1. The van der Waals surface area contributed by atoms with Crippen molar-refractivity contribution >= 4 is 5.69 Å². The van der Waals surface area contributed by atoms with Crippen molar-refractivity contribution < 1.29 is 9.13 Å². The number of methoxy groups -OCH3 is 1. The fraction of sp³-hybridized carbons (Fsp3) is 0.625. The summed E-state index contributed by atoms with van der Waals surface area (Å²) < 4.78 is 19.1. The van der Waals surface area contributed by atoms with Crippen LogP contribution in [0, 0.1) is 11.7 Å². The van der Waals surface area contributed by atoms with Gasteiger partial charge in [-0.25, -0.2) is 4.39 Å². The molecule has 3 nitrogen and oxygen atoms in total. The molecule has 1 aromatic carbocycles. The number of hydrogen-bond donors (Lipinski definition) is 1. The maximum atomic E-state index is 14.1. The van der Waals surface area contributed by atoms with Gasteiger partial charge in [0.25, 0.3) is 0 Å². The van der Waals surface area contributed by atoms with Crippen molar-refractivity contribution in [3.63, 3.8) is 0 Å². The van der Waals surface area contributed by atoms with Gasteiger partial charge in [-0.05, 0) is 24.5 Å². The highest BCUT2D eigenvalue weighted by Crippen LogP contribution is 2.29. The molecule has 0 spiro atoms. The van der Waals surface area contributed by atoms with Gasteiger partial charge in [0.1, 0.15) is 5.82 Å². The summed E-state index contributed by atoms with van der Waals surface area (Å²) in [4.78, 5) is 2.32. The van der Waals surface area contributed by atoms with E-state index in [9.17, 15) is 4.39 Å². The molecule has 0 aromatic heterocycles. The lowest BCUT2D eigenvalue weighted by molar-refractivity contribution is 0.199. The molecule has 1 saturated heterocycles. The van der Waals surface area contributed by atoms with Crippen LogP contribution in [0.5, 0.6) is 0 Å². The van der Waals surface area contributed by atoms with Crippen LogP contribution in [0.1, 0.15) is 25.3 Å². The van der Waals surface area contributed by atoms with Crippen molar-refractivity contribution in [2.45, 2.75) is 26.3 Å². The summed E-state index contributed by atoms with van der Waals surface area (Å²) in [5.41, 5.74) is 1.83. The number of rotatable bonds is 7. The van der Waals surface area contributed by atoms with E-state index in [0.29, 0.717) is 13.2 Å². The van der Waals surface area contributed by atoms with Gasteiger partial charge >= 0.3 is 0 Å². The number of halogens is 1. The van der Waals surface area contributed by atoms with Crippen LogP contribution in [0.25, 0.3) is 0 Å². The van der Waals surface area contributed by atoms with Crippen molar-refractivity contribution in [2.75, 3.05) is 38.3 Å². The topological polar surface area (TPSA) is 24.5 Å². The Bertz CT molecular complexity index is 425. The number of hydrogen-bond acceptors (Lipinski definition) is 3. The molecule has 1 aromatic rings. The molecule has 0 saturated carbocycles. The molecule has 1 fully saturated rings. The van der Waals surface area contributed by atoms with E-state index in [0.717, 1.165) is 36.8 Å². The molecule has 0 radical (unpaired) electrons. The second-order valence-corrected chi connectivity index (χ2v) is 5.42. The van der Waals surface area contributed by atoms with Crippen molar-refractivity contribution in [1.82, 2.24) is 5.32 Å². The van der Waals surface area contributed by atoms with E-state index >= 15 is 0 Å². The highest BCUT2D eigenvalue weighted by Gasteiger charge is 2.23. The number of nitrogens with one attached hydrogen (secondary N) is 1. The average molecular weight is 280 g/mol. The predicted molar refractivity (Wildman–Crippen MR) is 80.6 cm³/mol. The highest BCUT2D eigenvalue weighted by molar-refractivity contribution is 5.55. The smallest absolute Gasteiger partial charge is 0.129 e. The minimum Gasteiger partial charge on any atom is -0.383 e. The molecule has 1 heterocycles. The van der Waals surface area contributed by atoms with E-state index in [1.54, 1.807) is 13.2 Å². The molecule has 112 valence electrons. The molecule has 1 atom stereocenters. The van der Waals surface area contributed by atoms with Crippen molar-refractivity contribution in [3.8, 4) is 0 Å². The molecule has 0 aliphatic carbocycles. The van der Waals surface area contributed by atoms with E-state index in [1.165, 1.54) is 12.8 Å². The van der Waals surface area contributed by atoms with E-state index in [2.05, 4.69) is 17.1 Å². The van der Waals surface area contributed by atoms with Crippen LogP contribution >= 0.6 is 0 Å². The molecule has 1 unspecified atom stereocenters. The average Bonchev–Trinajstić information content (AvgIpc) is 2.93. The molecule has 1 N–H and O–H groups in total. The Hall–Kier alpha value is -1.13. The Morgan fingerprint density at radius 3 is 3.00 bits per heavy atom. The van der Waals surface area contributed by atoms with Crippen LogP contribution in [0.2, 0.25) is 0 Å². The zero-order valence-electron chi connectivity index (χ0n) is 12.5. The summed E-state index contributed by atoms with van der Waals surface area (Å²) in [7, 11) is 1.67. The first kappa shape index (κ1) is 15.3. The minimum atomic E-state index is -0.118. The summed E-state index contributed by atoms with van der Waals surface area (Å²) in [6, 6.07) is 5.39. The molecule has 20 heavy (non-hydrogen) atoms. The number of anilines is 1. The van der Waals surface area contributed by atoms with Gasteiger partial charge in [0.2, 0.25) is 0 Å². The van der Waals surface area contributed by atoms with E-state index in [1.807, 2.05) is 12.1 Å². The molecule has 4 heteroatoms. The van der Waals surface area contributed by atoms with Crippen molar-refractivity contribution in [3.05, 3.63) is 29.6 Å².